The van der Waals surface area contributed by atoms with Crippen molar-refractivity contribution in [1.29, 1.82) is 0 Å². The van der Waals surface area contributed by atoms with Gasteiger partial charge in [-0.1, -0.05) is 35.9 Å². The summed E-state index contributed by atoms with van der Waals surface area (Å²) in [5.41, 5.74) is 3.47. The molecule has 2 unspecified atom stereocenters. The molecule has 0 spiro atoms. The molecule has 0 bridgehead atoms. The van der Waals surface area contributed by atoms with Gasteiger partial charge in [-0.05, 0) is 54.2 Å². The number of carbonyl (C=O) groups excluding carboxylic acids is 2. The molecule has 1 saturated heterocycles. The van der Waals surface area contributed by atoms with E-state index in [0.29, 0.717) is 6.54 Å². The van der Waals surface area contributed by atoms with Gasteiger partial charge in [-0.25, -0.2) is 9.78 Å². The molecule has 8 heteroatoms. The first kappa shape index (κ1) is 21.6. The van der Waals surface area contributed by atoms with Crippen molar-refractivity contribution in [1.82, 2.24) is 20.2 Å². The van der Waals surface area contributed by atoms with Crippen molar-refractivity contribution >= 4 is 33.5 Å². The van der Waals surface area contributed by atoms with Crippen LogP contribution in [0.3, 0.4) is 0 Å². The predicted molar refractivity (Wildman–Crippen MR) is 115 cm³/mol. The molecule has 0 saturated carbocycles. The first-order valence-electron chi connectivity index (χ1n) is 10.1. The maximum atomic E-state index is 13.2. The topological polar surface area (TPSA) is 87.3 Å². The van der Waals surface area contributed by atoms with Crippen molar-refractivity contribution in [3.8, 4) is 0 Å². The van der Waals surface area contributed by atoms with Gasteiger partial charge >= 0.3 is 6.09 Å². The van der Waals surface area contributed by atoms with E-state index in [9.17, 15) is 9.59 Å². The van der Waals surface area contributed by atoms with E-state index in [1.165, 1.54) is 22.7 Å². The number of carbonyl (C=O) groups is 2. The third-order valence-electron chi connectivity index (χ3n) is 5.62. The number of allylic oxidation sites excluding steroid dienone is 4. The van der Waals surface area contributed by atoms with Crippen molar-refractivity contribution in [3.05, 3.63) is 33.8 Å². The van der Waals surface area contributed by atoms with Gasteiger partial charge in [0.25, 0.3) is 0 Å². The summed E-state index contributed by atoms with van der Waals surface area (Å²) in [6.07, 6.45) is 7.14. The second-order valence-corrected chi connectivity index (χ2v) is 8.94. The fraction of sp³-hybridized carbons (Fsp3) is 0.571. The summed E-state index contributed by atoms with van der Waals surface area (Å²) in [5, 5.41) is 2.68. The number of aromatic nitrogens is 2. The van der Waals surface area contributed by atoms with Gasteiger partial charge in [-0.15, -0.1) is 0 Å². The number of halogens is 1. The Kier molecular flexibility index (Phi) is 6.82. The summed E-state index contributed by atoms with van der Waals surface area (Å²) in [6.45, 7) is 6.58. The highest BCUT2D eigenvalue weighted by Crippen LogP contribution is 2.35. The fourth-order valence-electron chi connectivity index (χ4n) is 3.93. The van der Waals surface area contributed by atoms with E-state index in [1.807, 2.05) is 24.9 Å². The maximum Gasteiger partial charge on any atom is 0.407 e. The van der Waals surface area contributed by atoms with Crippen molar-refractivity contribution in [3.63, 3.8) is 0 Å². The second-order valence-electron chi connectivity index (χ2n) is 7.99. The SMILES string of the molecule is COC(=O)NC(C(=O)N1CCCC1c1ncc(C2=CC(C)=C(Br)CC2)[nH]1)C(C)C. The summed E-state index contributed by atoms with van der Waals surface area (Å²) in [4.78, 5) is 34.8. The monoisotopic (exact) mass is 464 g/mol. The molecule has 2 atom stereocenters. The molecule has 158 valence electrons. The quantitative estimate of drug-likeness (QED) is 0.679. The van der Waals surface area contributed by atoms with E-state index < -0.39 is 12.1 Å². The smallest absolute Gasteiger partial charge is 0.407 e. The number of amides is 2. The molecule has 0 aromatic carbocycles. The highest BCUT2D eigenvalue weighted by Gasteiger charge is 2.37. The van der Waals surface area contributed by atoms with Crippen LogP contribution in [0.15, 0.2) is 22.3 Å². The molecule has 29 heavy (non-hydrogen) atoms. The molecule has 1 aliphatic carbocycles. The number of nitrogens with one attached hydrogen (secondary N) is 2. The highest BCUT2D eigenvalue weighted by atomic mass is 79.9. The zero-order valence-electron chi connectivity index (χ0n) is 17.4. The highest BCUT2D eigenvalue weighted by molar-refractivity contribution is 9.11. The van der Waals surface area contributed by atoms with Crippen LogP contribution < -0.4 is 5.32 Å². The number of rotatable bonds is 5. The van der Waals surface area contributed by atoms with Gasteiger partial charge in [0.05, 0.1) is 25.0 Å². The minimum atomic E-state index is -0.622. The van der Waals surface area contributed by atoms with Gasteiger partial charge in [0.15, 0.2) is 0 Å². The molecule has 1 aromatic rings. The molecule has 1 aliphatic heterocycles. The number of alkyl carbamates (subject to hydrolysis) is 1. The van der Waals surface area contributed by atoms with Crippen molar-refractivity contribution in [2.45, 2.75) is 58.5 Å². The van der Waals surface area contributed by atoms with Crippen LogP contribution >= 0.6 is 15.9 Å². The Labute approximate surface area is 180 Å². The van der Waals surface area contributed by atoms with Crippen LogP contribution in [0.4, 0.5) is 4.79 Å². The molecule has 1 aromatic heterocycles. The number of hydrogen-bond acceptors (Lipinski definition) is 4. The van der Waals surface area contributed by atoms with Crippen LogP contribution in [0, 0.1) is 5.92 Å². The standard InChI is InChI=1S/C21H29BrN4O3/c1-12(2)18(25-21(28)29-4)20(27)26-9-5-6-17(26)19-23-11-16(24-19)14-7-8-15(22)13(3)10-14/h10-12,17-18H,5-9H2,1-4H3,(H,23,24)(H,25,28). The van der Waals surface area contributed by atoms with Crippen LogP contribution in [-0.4, -0.2) is 46.6 Å². The molecule has 2 amide bonds. The number of ether oxygens (including phenoxy) is 1. The van der Waals surface area contributed by atoms with Gasteiger partial charge in [-0.3, -0.25) is 4.79 Å². The molecule has 1 fully saturated rings. The molecule has 2 N–H and O–H groups in total. The van der Waals surface area contributed by atoms with E-state index in [-0.39, 0.29) is 17.9 Å². The Morgan fingerprint density at radius 3 is 2.79 bits per heavy atom. The normalized spacial score (nSPS) is 20.7. The number of aromatic amines is 1. The first-order chi connectivity index (χ1) is 13.8. The van der Waals surface area contributed by atoms with E-state index >= 15 is 0 Å². The van der Waals surface area contributed by atoms with Gasteiger partial charge in [0.1, 0.15) is 11.9 Å². The number of H-pyrrole nitrogens is 1. The Balaban J connectivity index is 1.79. The van der Waals surface area contributed by atoms with Gasteiger partial charge < -0.3 is 19.9 Å². The van der Waals surface area contributed by atoms with E-state index in [0.717, 1.165) is 37.2 Å². The number of imidazole rings is 1. The summed E-state index contributed by atoms with van der Waals surface area (Å²) in [7, 11) is 1.30. The second kappa shape index (κ2) is 9.15. The average Bonchev–Trinajstić information content (AvgIpc) is 3.36. The molecular weight excluding hydrogens is 436 g/mol. The molecule has 2 heterocycles. The van der Waals surface area contributed by atoms with Crippen LogP contribution in [0.5, 0.6) is 0 Å². The number of methoxy groups -OCH3 is 1. The zero-order valence-corrected chi connectivity index (χ0v) is 19.0. The summed E-state index contributed by atoms with van der Waals surface area (Å²) < 4.78 is 5.93. The van der Waals surface area contributed by atoms with Crippen molar-refractivity contribution < 1.29 is 14.3 Å². The predicted octanol–water partition coefficient (Wildman–Crippen LogP) is 4.30. The Morgan fingerprint density at radius 2 is 2.14 bits per heavy atom. The lowest BCUT2D eigenvalue weighted by molar-refractivity contribution is -0.135. The lowest BCUT2D eigenvalue weighted by Gasteiger charge is -2.30. The first-order valence-corrected chi connectivity index (χ1v) is 10.9. The number of hydrogen-bond donors (Lipinski definition) is 2. The minimum absolute atomic E-state index is 0.0457. The zero-order chi connectivity index (χ0) is 21.1. The van der Waals surface area contributed by atoms with Crippen LogP contribution in [0.1, 0.15) is 64.0 Å². The minimum Gasteiger partial charge on any atom is -0.453 e. The third kappa shape index (κ3) is 4.74. The van der Waals surface area contributed by atoms with Crippen LogP contribution in [-0.2, 0) is 9.53 Å². The van der Waals surface area contributed by atoms with Gasteiger partial charge in [0, 0.05) is 6.54 Å². The number of nitrogens with zero attached hydrogens (tertiary/aromatic N) is 2. The molecular formula is C21H29BrN4O3. The Hall–Kier alpha value is -2.09. The third-order valence-corrected chi connectivity index (χ3v) is 6.64. The van der Waals surface area contributed by atoms with Crippen molar-refractivity contribution in [2.75, 3.05) is 13.7 Å². The van der Waals surface area contributed by atoms with E-state index in [2.05, 4.69) is 49.0 Å². The molecule has 7 nitrogen and oxygen atoms in total. The fourth-order valence-corrected chi connectivity index (χ4v) is 4.24. The van der Waals surface area contributed by atoms with Gasteiger partial charge in [0.2, 0.25) is 5.91 Å². The molecule has 0 radical (unpaired) electrons. The maximum absolute atomic E-state index is 13.2. The molecule has 3 rings (SSSR count). The average molecular weight is 465 g/mol. The van der Waals surface area contributed by atoms with Crippen LogP contribution in [0.2, 0.25) is 0 Å². The van der Waals surface area contributed by atoms with E-state index in [4.69, 9.17) is 0 Å². The Morgan fingerprint density at radius 1 is 1.38 bits per heavy atom. The Bertz CT molecular complexity index is 843. The van der Waals surface area contributed by atoms with Crippen LogP contribution in [0.25, 0.3) is 5.57 Å². The largest absolute Gasteiger partial charge is 0.453 e. The lowest BCUT2D eigenvalue weighted by Crippen LogP contribution is -2.51. The summed E-state index contributed by atoms with van der Waals surface area (Å²) >= 11 is 3.61. The lowest BCUT2D eigenvalue weighted by atomic mass is 9.98. The molecule has 2 aliphatic rings. The number of likely N-dealkylation sites (tertiary alicyclic amines) is 1. The van der Waals surface area contributed by atoms with Crippen molar-refractivity contribution in [2.24, 2.45) is 5.92 Å². The van der Waals surface area contributed by atoms with Gasteiger partial charge in [-0.2, -0.15) is 0 Å². The van der Waals surface area contributed by atoms with E-state index in [1.54, 1.807) is 0 Å². The summed E-state index contributed by atoms with van der Waals surface area (Å²) in [5.74, 6) is 0.666. The summed E-state index contributed by atoms with van der Waals surface area (Å²) in [6, 6.07) is -0.729.